The lowest BCUT2D eigenvalue weighted by Gasteiger charge is -2.17. The largest absolute Gasteiger partial charge is 0.437 e. The number of benzene rings is 2. The monoisotopic (exact) mass is 512 g/mol. The van der Waals surface area contributed by atoms with Crippen molar-refractivity contribution in [2.75, 3.05) is 11.6 Å². The number of hydrogen-bond donors (Lipinski definition) is 2. The summed E-state index contributed by atoms with van der Waals surface area (Å²) in [4.78, 5) is 13.3. The van der Waals surface area contributed by atoms with Crippen molar-refractivity contribution in [3.63, 3.8) is 0 Å². The Morgan fingerprint density at radius 1 is 1.09 bits per heavy atom. The van der Waals surface area contributed by atoms with Gasteiger partial charge in [-0.1, -0.05) is 17.7 Å². The molecule has 3 aromatic rings. The van der Waals surface area contributed by atoms with E-state index in [2.05, 4.69) is 15.5 Å². The van der Waals surface area contributed by atoms with Gasteiger partial charge in [0.1, 0.15) is 11.3 Å². The number of carbonyl (C=O) groups excluding carboxylic acids is 1. The molecule has 1 amide bonds. The first-order chi connectivity index (χ1) is 15.7. The maximum atomic E-state index is 13.5. The number of aromatic nitrogens is 2. The van der Waals surface area contributed by atoms with Gasteiger partial charge in [-0.25, -0.2) is 8.99 Å². The van der Waals surface area contributed by atoms with Crippen molar-refractivity contribution in [1.82, 2.24) is 10.2 Å². The second-order valence-electron chi connectivity index (χ2n) is 7.57. The minimum absolute atomic E-state index is 0.138. The van der Waals surface area contributed by atoms with Gasteiger partial charge in [-0.05, 0) is 67.8 Å². The molecule has 0 aliphatic carbocycles. The molecule has 34 heavy (non-hydrogen) atoms. The summed E-state index contributed by atoms with van der Waals surface area (Å²) in [5.74, 6) is -1.13. The fourth-order valence-electron chi connectivity index (χ4n) is 3.09. The number of nitrogens with zero attached hydrogens (tertiary/aromatic N) is 2. The number of amides is 1. The molecule has 1 atom stereocenters. The van der Waals surface area contributed by atoms with Gasteiger partial charge in [-0.3, -0.25) is 4.79 Å². The molecule has 1 aromatic heterocycles. The first kappa shape index (κ1) is 25.4. The number of halogens is 4. The molecular weight excluding hydrogens is 493 g/mol. The van der Waals surface area contributed by atoms with E-state index in [1.165, 1.54) is 36.6 Å². The topological polar surface area (TPSA) is 105 Å². The minimum atomic E-state index is -4.85. The van der Waals surface area contributed by atoms with Crippen molar-refractivity contribution < 1.29 is 26.9 Å². The van der Waals surface area contributed by atoms with Crippen LogP contribution in [0.1, 0.15) is 32.7 Å². The highest BCUT2D eigenvalue weighted by atomic mass is 35.5. The van der Waals surface area contributed by atoms with Gasteiger partial charge < -0.3 is 10.1 Å². The van der Waals surface area contributed by atoms with E-state index in [1.807, 2.05) is 0 Å². The van der Waals surface area contributed by atoms with Crippen molar-refractivity contribution in [3.05, 3.63) is 69.4 Å². The first-order valence-electron chi connectivity index (χ1n) is 9.73. The molecule has 12 heteroatoms. The molecule has 0 saturated carbocycles. The van der Waals surface area contributed by atoms with Crippen LogP contribution in [0.15, 0.2) is 41.3 Å². The van der Waals surface area contributed by atoms with E-state index in [1.54, 1.807) is 19.9 Å². The van der Waals surface area contributed by atoms with Gasteiger partial charge in [0.15, 0.2) is 5.69 Å². The summed E-state index contributed by atoms with van der Waals surface area (Å²) in [6.45, 7) is 4.54. The molecule has 1 heterocycles. The Hall–Kier alpha value is -3.18. The fourth-order valence-corrected chi connectivity index (χ4v) is 3.99. The Balaban J connectivity index is 2.10. The predicted molar refractivity (Wildman–Crippen MR) is 122 cm³/mol. The molecule has 2 aromatic carbocycles. The van der Waals surface area contributed by atoms with Crippen LogP contribution in [0, 0.1) is 25.6 Å². The fraction of sp³-hybridized carbons (Fsp3) is 0.227. The number of carbonyl (C=O) groups is 1. The molecule has 0 fully saturated rings. The number of anilines is 1. The smallest absolute Gasteiger partial charge is 0.435 e. The number of rotatable bonds is 5. The van der Waals surface area contributed by atoms with Crippen LogP contribution in [0.3, 0.4) is 0 Å². The number of nitrogens with one attached hydrogen (secondary N) is 2. The SMILES string of the molecule is Cc1c(Cl)ccc(Oc2nnc(C(F)(F)F)c(C)c2C(=O)Nc2cccc(S(C)(=N)=O)c2)c1C. The van der Waals surface area contributed by atoms with Gasteiger partial charge in [0.25, 0.3) is 11.8 Å². The average Bonchev–Trinajstić information content (AvgIpc) is 2.73. The lowest BCUT2D eigenvalue weighted by atomic mass is 10.1. The summed E-state index contributed by atoms with van der Waals surface area (Å²) >= 11 is 6.10. The number of hydrogen-bond acceptors (Lipinski definition) is 6. The zero-order chi connectivity index (χ0) is 25.4. The molecule has 0 aliphatic rings. The summed E-state index contributed by atoms with van der Waals surface area (Å²) in [6, 6.07) is 8.75. The molecule has 3 rings (SSSR count). The van der Waals surface area contributed by atoms with Crippen molar-refractivity contribution in [1.29, 1.82) is 4.78 Å². The van der Waals surface area contributed by atoms with E-state index < -0.39 is 44.5 Å². The Morgan fingerprint density at radius 3 is 2.38 bits per heavy atom. The van der Waals surface area contributed by atoms with Crippen molar-refractivity contribution in [3.8, 4) is 11.6 Å². The highest BCUT2D eigenvalue weighted by Crippen LogP contribution is 2.36. The van der Waals surface area contributed by atoms with E-state index in [9.17, 15) is 22.2 Å². The van der Waals surface area contributed by atoms with Gasteiger partial charge in [0.05, 0.1) is 9.73 Å². The maximum Gasteiger partial charge on any atom is 0.435 e. The Labute approximate surface area is 199 Å². The minimum Gasteiger partial charge on any atom is -0.437 e. The van der Waals surface area contributed by atoms with Gasteiger partial charge in [0, 0.05) is 21.9 Å². The third kappa shape index (κ3) is 5.31. The zero-order valence-electron chi connectivity index (χ0n) is 18.5. The summed E-state index contributed by atoms with van der Waals surface area (Å²) in [5, 5.41) is 9.73. The normalized spacial score (nSPS) is 13.3. The lowest BCUT2D eigenvalue weighted by Crippen LogP contribution is -2.21. The molecule has 180 valence electrons. The highest BCUT2D eigenvalue weighted by Gasteiger charge is 2.38. The molecule has 2 N–H and O–H groups in total. The van der Waals surface area contributed by atoms with Crippen LogP contribution >= 0.6 is 11.6 Å². The molecule has 0 saturated heterocycles. The Kier molecular flexibility index (Phi) is 6.90. The van der Waals surface area contributed by atoms with Crippen LogP contribution in [-0.2, 0) is 15.9 Å². The first-order valence-corrected chi connectivity index (χ1v) is 12.1. The zero-order valence-corrected chi connectivity index (χ0v) is 20.1. The van der Waals surface area contributed by atoms with Gasteiger partial charge in [-0.15, -0.1) is 10.2 Å². The van der Waals surface area contributed by atoms with Crippen LogP contribution in [0.25, 0.3) is 0 Å². The summed E-state index contributed by atoms with van der Waals surface area (Å²) in [5.41, 5.74) is -0.836. The van der Waals surface area contributed by atoms with Gasteiger partial charge >= 0.3 is 6.18 Å². The molecule has 1 unspecified atom stereocenters. The van der Waals surface area contributed by atoms with E-state index >= 15 is 0 Å². The average molecular weight is 513 g/mol. The van der Waals surface area contributed by atoms with Crippen LogP contribution in [-0.4, -0.2) is 26.6 Å². The Morgan fingerprint density at radius 2 is 1.76 bits per heavy atom. The molecule has 0 radical (unpaired) electrons. The second kappa shape index (κ2) is 9.22. The van der Waals surface area contributed by atoms with Crippen molar-refractivity contribution >= 4 is 32.9 Å². The molecule has 0 spiro atoms. The summed E-state index contributed by atoms with van der Waals surface area (Å²) in [7, 11) is -3.08. The van der Waals surface area contributed by atoms with Crippen LogP contribution in [0.2, 0.25) is 5.02 Å². The maximum absolute atomic E-state index is 13.5. The quantitative estimate of drug-likeness (QED) is 0.426. The van der Waals surface area contributed by atoms with Gasteiger partial charge in [0.2, 0.25) is 0 Å². The summed E-state index contributed by atoms with van der Waals surface area (Å²) < 4.78 is 65.9. The predicted octanol–water partition coefficient (Wildman–Crippen LogP) is 6.15. The lowest BCUT2D eigenvalue weighted by molar-refractivity contribution is -0.142. The Bertz CT molecular complexity index is 1390. The van der Waals surface area contributed by atoms with Crippen LogP contribution < -0.4 is 10.1 Å². The van der Waals surface area contributed by atoms with Gasteiger partial charge in [-0.2, -0.15) is 13.2 Å². The van der Waals surface area contributed by atoms with Crippen LogP contribution in [0.4, 0.5) is 18.9 Å². The van der Waals surface area contributed by atoms with Crippen molar-refractivity contribution in [2.24, 2.45) is 0 Å². The van der Waals surface area contributed by atoms with E-state index in [-0.39, 0.29) is 16.3 Å². The van der Waals surface area contributed by atoms with E-state index in [0.717, 1.165) is 6.92 Å². The second-order valence-corrected chi connectivity index (χ2v) is 10.1. The highest BCUT2D eigenvalue weighted by molar-refractivity contribution is 7.91. The molecular formula is C22H20ClF3N4O3S. The van der Waals surface area contributed by atoms with E-state index in [0.29, 0.717) is 16.1 Å². The van der Waals surface area contributed by atoms with Crippen molar-refractivity contribution in [2.45, 2.75) is 31.8 Å². The third-order valence-corrected chi connectivity index (χ3v) is 6.66. The molecule has 0 aliphatic heterocycles. The van der Waals surface area contributed by atoms with Crippen LogP contribution in [0.5, 0.6) is 11.6 Å². The number of ether oxygens (including phenoxy) is 1. The third-order valence-electron chi connectivity index (χ3n) is 5.10. The molecule has 0 bridgehead atoms. The van der Waals surface area contributed by atoms with E-state index in [4.69, 9.17) is 21.1 Å². The molecule has 7 nitrogen and oxygen atoms in total. The summed E-state index contributed by atoms with van der Waals surface area (Å²) in [6.07, 6.45) is -3.64. The number of alkyl halides is 3. The standard InChI is InChI=1S/C22H20ClF3N4O3S/c1-11-12(2)17(9-8-16(11)23)33-21-18(13(3)19(29-30-21)22(24,25)26)20(31)28-14-6-5-7-15(10-14)34(4,27)32/h5-10,27H,1-4H3,(H,28,31).